The normalized spacial score (nSPS) is 17.3. The van der Waals surface area contributed by atoms with E-state index in [9.17, 15) is 13.2 Å². The number of rotatable bonds is 4. The van der Waals surface area contributed by atoms with Gasteiger partial charge in [-0.05, 0) is 37.0 Å². The quantitative estimate of drug-likeness (QED) is 0.909. The first-order valence-corrected chi connectivity index (χ1v) is 7.24. The molecule has 1 atom stereocenters. The maximum Gasteiger partial charge on any atom is 0.416 e. The van der Waals surface area contributed by atoms with Gasteiger partial charge in [-0.2, -0.15) is 13.2 Å². The summed E-state index contributed by atoms with van der Waals surface area (Å²) in [4.78, 5) is 4.12. The monoisotopic (exact) mass is 297 g/mol. The lowest BCUT2D eigenvalue weighted by molar-refractivity contribution is -0.137. The molecule has 0 aliphatic heterocycles. The minimum Gasteiger partial charge on any atom is -0.369 e. The fraction of sp³-hybridized carbons (Fsp3) is 0.533. The minimum absolute atomic E-state index is 0.208. The van der Waals surface area contributed by atoms with E-state index in [0.717, 1.165) is 30.9 Å². The van der Waals surface area contributed by atoms with E-state index in [-0.39, 0.29) is 6.04 Å². The first kappa shape index (κ1) is 14.2. The van der Waals surface area contributed by atoms with Crippen molar-refractivity contribution < 1.29 is 13.2 Å². The molecule has 0 bridgehead atoms. The van der Waals surface area contributed by atoms with Crippen LogP contribution in [0.25, 0.3) is 11.0 Å². The van der Waals surface area contributed by atoms with Crippen molar-refractivity contribution in [1.29, 1.82) is 0 Å². The highest BCUT2D eigenvalue weighted by atomic mass is 19.4. The van der Waals surface area contributed by atoms with Crippen molar-refractivity contribution in [2.24, 2.45) is 5.92 Å². The number of nitrogens with two attached hydrogens (primary N) is 1. The molecule has 0 spiro atoms. The Balaban J connectivity index is 2.04. The Morgan fingerprint density at radius 3 is 2.67 bits per heavy atom. The first-order chi connectivity index (χ1) is 9.90. The predicted octanol–water partition coefficient (Wildman–Crippen LogP) is 4.39. The number of anilines is 1. The van der Waals surface area contributed by atoms with Crippen LogP contribution in [-0.4, -0.2) is 9.55 Å². The van der Waals surface area contributed by atoms with Gasteiger partial charge in [0.05, 0.1) is 16.6 Å². The van der Waals surface area contributed by atoms with E-state index in [0.29, 0.717) is 17.0 Å². The summed E-state index contributed by atoms with van der Waals surface area (Å²) >= 11 is 0. The third-order valence-electron chi connectivity index (χ3n) is 4.18. The number of imidazole rings is 1. The van der Waals surface area contributed by atoms with Gasteiger partial charge in [-0.3, -0.25) is 0 Å². The number of fused-ring (bicyclic) bond motifs is 1. The zero-order chi connectivity index (χ0) is 15.2. The largest absolute Gasteiger partial charge is 0.416 e. The van der Waals surface area contributed by atoms with Gasteiger partial charge in [0.2, 0.25) is 5.95 Å². The molecule has 1 aliphatic rings. The molecule has 1 aromatic carbocycles. The summed E-state index contributed by atoms with van der Waals surface area (Å²) in [5.41, 5.74) is 6.27. The molecule has 2 N–H and O–H groups in total. The number of aromatic nitrogens is 2. The number of alkyl halides is 3. The highest BCUT2D eigenvalue weighted by Crippen LogP contribution is 2.40. The third-order valence-corrected chi connectivity index (χ3v) is 4.18. The molecule has 1 unspecified atom stereocenters. The molecule has 2 aromatic rings. The number of benzene rings is 1. The molecule has 1 saturated carbocycles. The average molecular weight is 297 g/mol. The maximum atomic E-state index is 12.8. The van der Waals surface area contributed by atoms with Gasteiger partial charge in [-0.15, -0.1) is 0 Å². The summed E-state index contributed by atoms with van der Waals surface area (Å²) in [6.45, 7) is 2.07. The van der Waals surface area contributed by atoms with Gasteiger partial charge in [0, 0.05) is 6.04 Å². The van der Waals surface area contributed by atoms with E-state index in [1.807, 2.05) is 4.57 Å². The Morgan fingerprint density at radius 2 is 2.10 bits per heavy atom. The molecule has 0 radical (unpaired) electrons. The number of nitrogens with zero attached hydrogens (tertiary/aromatic N) is 2. The summed E-state index contributed by atoms with van der Waals surface area (Å²) in [6.07, 6.45) is 0.0355. The van der Waals surface area contributed by atoms with E-state index in [1.54, 1.807) is 0 Å². The second-order valence-corrected chi connectivity index (χ2v) is 5.78. The topological polar surface area (TPSA) is 43.8 Å². The third kappa shape index (κ3) is 2.71. The summed E-state index contributed by atoms with van der Waals surface area (Å²) in [7, 11) is 0. The second kappa shape index (κ2) is 4.93. The van der Waals surface area contributed by atoms with Crippen LogP contribution in [0.3, 0.4) is 0 Å². The van der Waals surface area contributed by atoms with Crippen LogP contribution >= 0.6 is 0 Å². The van der Waals surface area contributed by atoms with Crippen LogP contribution in [0.1, 0.15) is 44.2 Å². The first-order valence-electron chi connectivity index (χ1n) is 7.24. The molecular weight excluding hydrogens is 279 g/mol. The zero-order valence-corrected chi connectivity index (χ0v) is 11.8. The molecule has 0 saturated heterocycles. The molecule has 21 heavy (non-hydrogen) atoms. The van der Waals surface area contributed by atoms with Crippen LogP contribution < -0.4 is 5.73 Å². The molecular formula is C15H18F3N3. The molecule has 1 fully saturated rings. The lowest BCUT2D eigenvalue weighted by Crippen LogP contribution is -2.12. The Labute approximate surface area is 121 Å². The Hall–Kier alpha value is -1.72. The van der Waals surface area contributed by atoms with Crippen molar-refractivity contribution >= 4 is 17.0 Å². The standard InChI is InChI=1S/C15H18F3N3/c1-2-11(7-9-3-4-9)21-13-6-5-10(15(16,17)18)8-12(13)20-14(21)19/h5-6,8-9,11H,2-4,7H2,1H3,(H2,19,20). The zero-order valence-electron chi connectivity index (χ0n) is 11.8. The SMILES string of the molecule is CCC(CC1CC1)n1c(N)nc2cc(C(F)(F)F)ccc21. The van der Waals surface area contributed by atoms with Crippen molar-refractivity contribution in [2.75, 3.05) is 5.73 Å². The van der Waals surface area contributed by atoms with Gasteiger partial charge in [-0.25, -0.2) is 4.98 Å². The van der Waals surface area contributed by atoms with Crippen molar-refractivity contribution in [3.63, 3.8) is 0 Å². The van der Waals surface area contributed by atoms with Gasteiger partial charge in [-0.1, -0.05) is 19.8 Å². The fourth-order valence-corrected chi connectivity index (χ4v) is 2.87. The molecule has 1 aliphatic carbocycles. The van der Waals surface area contributed by atoms with E-state index in [2.05, 4.69) is 11.9 Å². The van der Waals surface area contributed by atoms with Crippen LogP contribution in [0.4, 0.5) is 19.1 Å². The van der Waals surface area contributed by atoms with Gasteiger partial charge in [0.15, 0.2) is 0 Å². The molecule has 1 heterocycles. The van der Waals surface area contributed by atoms with Crippen LogP contribution in [0.2, 0.25) is 0 Å². The Bertz CT molecular complexity index is 656. The Morgan fingerprint density at radius 1 is 1.38 bits per heavy atom. The van der Waals surface area contributed by atoms with Gasteiger partial charge >= 0.3 is 6.18 Å². The van der Waals surface area contributed by atoms with Crippen molar-refractivity contribution in [3.8, 4) is 0 Å². The number of halogens is 3. The second-order valence-electron chi connectivity index (χ2n) is 5.78. The highest BCUT2D eigenvalue weighted by Gasteiger charge is 2.32. The minimum atomic E-state index is -4.36. The summed E-state index contributed by atoms with van der Waals surface area (Å²) < 4.78 is 40.2. The van der Waals surface area contributed by atoms with E-state index >= 15 is 0 Å². The smallest absolute Gasteiger partial charge is 0.369 e. The van der Waals surface area contributed by atoms with E-state index in [4.69, 9.17) is 5.73 Å². The molecule has 3 nitrogen and oxygen atoms in total. The predicted molar refractivity (Wildman–Crippen MR) is 75.8 cm³/mol. The van der Waals surface area contributed by atoms with Crippen LogP contribution in [0.5, 0.6) is 0 Å². The fourth-order valence-electron chi connectivity index (χ4n) is 2.87. The van der Waals surface area contributed by atoms with Crippen molar-refractivity contribution in [3.05, 3.63) is 23.8 Å². The molecule has 0 amide bonds. The number of hydrogen-bond acceptors (Lipinski definition) is 2. The lowest BCUT2D eigenvalue weighted by Gasteiger charge is -2.19. The lowest BCUT2D eigenvalue weighted by atomic mass is 10.1. The van der Waals surface area contributed by atoms with Gasteiger partial charge in [0.1, 0.15) is 0 Å². The van der Waals surface area contributed by atoms with Gasteiger partial charge in [0.25, 0.3) is 0 Å². The summed E-state index contributed by atoms with van der Waals surface area (Å²) in [6, 6.07) is 3.87. The van der Waals surface area contributed by atoms with E-state index < -0.39 is 11.7 Å². The van der Waals surface area contributed by atoms with Crippen molar-refractivity contribution in [1.82, 2.24) is 9.55 Å². The van der Waals surface area contributed by atoms with Crippen LogP contribution in [0.15, 0.2) is 18.2 Å². The number of nitrogen functional groups attached to an aromatic ring is 1. The summed E-state index contributed by atoms with van der Waals surface area (Å²) in [5, 5.41) is 0. The highest BCUT2D eigenvalue weighted by molar-refractivity contribution is 5.79. The van der Waals surface area contributed by atoms with Crippen LogP contribution in [0, 0.1) is 5.92 Å². The maximum absolute atomic E-state index is 12.8. The van der Waals surface area contributed by atoms with E-state index in [1.165, 1.54) is 18.9 Å². The Kier molecular flexibility index (Phi) is 3.34. The average Bonchev–Trinajstić information content (AvgIpc) is 3.16. The molecule has 114 valence electrons. The molecule has 6 heteroatoms. The van der Waals surface area contributed by atoms with Crippen molar-refractivity contribution in [2.45, 2.75) is 44.8 Å². The van der Waals surface area contributed by atoms with Gasteiger partial charge < -0.3 is 10.3 Å². The number of hydrogen-bond donors (Lipinski definition) is 1. The van der Waals surface area contributed by atoms with Crippen LogP contribution in [-0.2, 0) is 6.18 Å². The summed E-state index contributed by atoms with van der Waals surface area (Å²) in [5.74, 6) is 1.03. The molecule has 3 rings (SSSR count). The molecule has 1 aromatic heterocycles.